The van der Waals surface area contributed by atoms with Crippen LogP contribution in [0.4, 0.5) is 0 Å². The summed E-state index contributed by atoms with van der Waals surface area (Å²) in [6.45, 7) is 9.08. The number of guanidine groups is 1. The quantitative estimate of drug-likeness (QED) is 0.528. The van der Waals surface area contributed by atoms with E-state index < -0.39 is 0 Å². The number of aryl methyl sites for hydroxylation is 1. The van der Waals surface area contributed by atoms with Crippen molar-refractivity contribution in [2.45, 2.75) is 20.4 Å². The zero-order valence-corrected chi connectivity index (χ0v) is 14.3. The number of nitrogens with zero attached hydrogens (tertiary/aromatic N) is 3. The lowest BCUT2D eigenvalue weighted by atomic mass is 10.5. The molecule has 0 amide bonds. The Morgan fingerprint density at radius 1 is 1.43 bits per heavy atom. The van der Waals surface area contributed by atoms with Gasteiger partial charge in [0, 0.05) is 44.4 Å². The number of aromatic nitrogens is 1. The van der Waals surface area contributed by atoms with Crippen LogP contribution in [-0.4, -0.2) is 62.8 Å². The molecule has 1 aromatic heterocycles. The molecule has 0 saturated heterocycles. The van der Waals surface area contributed by atoms with Crippen molar-refractivity contribution in [2.75, 3.05) is 46.9 Å². The van der Waals surface area contributed by atoms with E-state index in [0.717, 1.165) is 43.8 Å². The van der Waals surface area contributed by atoms with E-state index in [-0.39, 0.29) is 0 Å². The molecule has 2 N–H and O–H groups in total. The zero-order chi connectivity index (χ0) is 15.5. The predicted octanol–water partition coefficient (Wildman–Crippen LogP) is 1.08. The molecule has 0 aliphatic carbocycles. The van der Waals surface area contributed by atoms with E-state index in [9.17, 15) is 0 Å². The summed E-state index contributed by atoms with van der Waals surface area (Å²) in [7, 11) is 3.81. The van der Waals surface area contributed by atoms with Crippen LogP contribution in [0.15, 0.2) is 11.2 Å². The summed E-state index contributed by atoms with van der Waals surface area (Å²) in [5, 5.41) is 7.63. The third kappa shape index (κ3) is 7.99. The third-order valence-corrected chi connectivity index (χ3v) is 3.75. The average molecular weight is 313 g/mol. The molecule has 0 aliphatic heterocycles. The van der Waals surface area contributed by atoms with Gasteiger partial charge in [0.15, 0.2) is 5.96 Å². The highest BCUT2D eigenvalue weighted by molar-refractivity contribution is 7.11. The van der Waals surface area contributed by atoms with Crippen molar-refractivity contribution in [2.24, 2.45) is 4.99 Å². The molecular weight excluding hydrogens is 286 g/mol. The Bertz CT molecular complexity index is 421. The maximum absolute atomic E-state index is 5.06. The molecule has 0 saturated carbocycles. The largest absolute Gasteiger partial charge is 0.383 e. The Balaban J connectivity index is 2.35. The molecule has 0 fully saturated rings. The smallest absolute Gasteiger partial charge is 0.191 e. The van der Waals surface area contributed by atoms with Crippen LogP contribution >= 0.6 is 11.3 Å². The van der Waals surface area contributed by atoms with Crippen LogP contribution in [0, 0.1) is 6.92 Å². The standard InChI is InChI=1S/C14H27N5OS/c1-5-15-14(16-6-7-19(3)8-9-20-4)18-11-13-17-10-12(2)21-13/h10H,5-9,11H2,1-4H3,(H2,15,16,18). The van der Waals surface area contributed by atoms with Gasteiger partial charge in [-0.2, -0.15) is 0 Å². The van der Waals surface area contributed by atoms with Crippen molar-refractivity contribution < 1.29 is 4.74 Å². The van der Waals surface area contributed by atoms with Crippen LogP contribution in [0.25, 0.3) is 0 Å². The summed E-state index contributed by atoms with van der Waals surface area (Å²) < 4.78 is 5.06. The molecule has 1 heterocycles. The predicted molar refractivity (Wildman–Crippen MR) is 89.0 cm³/mol. The molecule has 0 aromatic carbocycles. The lowest BCUT2D eigenvalue weighted by Crippen LogP contribution is -2.41. The Morgan fingerprint density at radius 2 is 2.24 bits per heavy atom. The number of hydrogen-bond acceptors (Lipinski definition) is 5. The highest BCUT2D eigenvalue weighted by atomic mass is 32.1. The van der Waals surface area contributed by atoms with E-state index in [1.165, 1.54) is 4.88 Å². The Labute approximate surface area is 131 Å². The van der Waals surface area contributed by atoms with Crippen LogP contribution in [0.2, 0.25) is 0 Å². The number of thiazole rings is 1. The molecule has 0 radical (unpaired) electrons. The van der Waals surface area contributed by atoms with Gasteiger partial charge >= 0.3 is 0 Å². The van der Waals surface area contributed by atoms with Gasteiger partial charge in [-0.15, -0.1) is 11.3 Å². The van der Waals surface area contributed by atoms with Crippen LogP contribution in [0.1, 0.15) is 16.8 Å². The number of likely N-dealkylation sites (N-methyl/N-ethyl adjacent to an activating group) is 1. The second-order valence-corrected chi connectivity index (χ2v) is 6.10. The van der Waals surface area contributed by atoms with E-state index in [1.54, 1.807) is 18.4 Å². The first kappa shape index (κ1) is 17.9. The van der Waals surface area contributed by atoms with Gasteiger partial charge in [0.2, 0.25) is 0 Å². The minimum absolute atomic E-state index is 0.618. The van der Waals surface area contributed by atoms with Crippen molar-refractivity contribution in [1.82, 2.24) is 20.5 Å². The number of nitrogens with one attached hydrogen (secondary N) is 2. The molecule has 120 valence electrons. The van der Waals surface area contributed by atoms with E-state index in [0.29, 0.717) is 6.54 Å². The highest BCUT2D eigenvalue weighted by Crippen LogP contribution is 2.11. The fourth-order valence-corrected chi connectivity index (χ4v) is 2.40. The summed E-state index contributed by atoms with van der Waals surface area (Å²) in [5.74, 6) is 0.838. The minimum atomic E-state index is 0.618. The SMILES string of the molecule is CCNC(=NCc1ncc(C)s1)NCCN(C)CCOC. The molecule has 0 unspecified atom stereocenters. The van der Waals surface area contributed by atoms with E-state index in [4.69, 9.17) is 4.74 Å². The Kier molecular flexibility index (Phi) is 8.96. The third-order valence-electron chi connectivity index (χ3n) is 2.85. The fourth-order valence-electron chi connectivity index (χ4n) is 1.69. The maximum Gasteiger partial charge on any atom is 0.191 e. The van der Waals surface area contributed by atoms with Gasteiger partial charge in [0.1, 0.15) is 5.01 Å². The molecule has 1 aromatic rings. The summed E-state index contributed by atoms with van der Waals surface area (Å²) in [5.41, 5.74) is 0. The molecule has 0 aliphatic rings. The maximum atomic E-state index is 5.06. The molecule has 21 heavy (non-hydrogen) atoms. The van der Waals surface area contributed by atoms with Crippen molar-refractivity contribution in [1.29, 1.82) is 0 Å². The second kappa shape index (κ2) is 10.5. The van der Waals surface area contributed by atoms with Crippen molar-refractivity contribution in [3.63, 3.8) is 0 Å². The molecule has 6 nitrogen and oxygen atoms in total. The van der Waals surface area contributed by atoms with E-state index in [1.807, 2.05) is 6.20 Å². The molecule has 0 spiro atoms. The summed E-state index contributed by atoms with van der Waals surface area (Å²) in [6, 6.07) is 0. The number of aliphatic imine (C=N–C) groups is 1. The lowest BCUT2D eigenvalue weighted by Gasteiger charge is -2.17. The van der Waals surface area contributed by atoms with Crippen molar-refractivity contribution in [3.8, 4) is 0 Å². The molecule has 7 heteroatoms. The number of methoxy groups -OCH3 is 1. The number of hydrogen-bond donors (Lipinski definition) is 2. The normalized spacial score (nSPS) is 12.0. The van der Waals surface area contributed by atoms with Gasteiger partial charge in [-0.25, -0.2) is 9.98 Å². The van der Waals surface area contributed by atoms with Gasteiger partial charge in [0.25, 0.3) is 0 Å². The fraction of sp³-hybridized carbons (Fsp3) is 0.714. The van der Waals surface area contributed by atoms with Gasteiger partial charge in [-0.05, 0) is 20.9 Å². The topological polar surface area (TPSA) is 61.8 Å². The monoisotopic (exact) mass is 313 g/mol. The highest BCUT2D eigenvalue weighted by Gasteiger charge is 2.02. The molecule has 0 atom stereocenters. The lowest BCUT2D eigenvalue weighted by molar-refractivity contribution is 0.162. The van der Waals surface area contributed by atoms with E-state index in [2.05, 4.69) is 46.4 Å². The van der Waals surface area contributed by atoms with Gasteiger partial charge < -0.3 is 20.3 Å². The van der Waals surface area contributed by atoms with Crippen molar-refractivity contribution >= 4 is 17.3 Å². The molecular formula is C14H27N5OS. The Morgan fingerprint density at radius 3 is 2.86 bits per heavy atom. The first-order valence-electron chi connectivity index (χ1n) is 7.26. The second-order valence-electron chi connectivity index (χ2n) is 4.78. The van der Waals surface area contributed by atoms with Crippen LogP contribution in [-0.2, 0) is 11.3 Å². The number of ether oxygens (including phenoxy) is 1. The van der Waals surface area contributed by atoms with Crippen LogP contribution in [0.3, 0.4) is 0 Å². The van der Waals surface area contributed by atoms with Crippen LogP contribution < -0.4 is 10.6 Å². The van der Waals surface area contributed by atoms with Gasteiger partial charge in [-0.1, -0.05) is 0 Å². The first-order valence-corrected chi connectivity index (χ1v) is 8.08. The average Bonchev–Trinajstić information content (AvgIpc) is 2.88. The van der Waals surface area contributed by atoms with E-state index >= 15 is 0 Å². The Hall–Kier alpha value is -1.18. The van der Waals surface area contributed by atoms with Crippen molar-refractivity contribution in [3.05, 3.63) is 16.1 Å². The summed E-state index contributed by atoms with van der Waals surface area (Å²) >= 11 is 1.69. The summed E-state index contributed by atoms with van der Waals surface area (Å²) in [6.07, 6.45) is 1.89. The first-order chi connectivity index (χ1) is 10.2. The molecule has 0 bridgehead atoms. The number of rotatable bonds is 9. The minimum Gasteiger partial charge on any atom is -0.383 e. The van der Waals surface area contributed by atoms with Gasteiger partial charge in [0.05, 0.1) is 13.2 Å². The zero-order valence-electron chi connectivity index (χ0n) is 13.5. The summed E-state index contributed by atoms with van der Waals surface area (Å²) in [4.78, 5) is 12.3. The molecule has 1 rings (SSSR count). The van der Waals surface area contributed by atoms with Gasteiger partial charge in [-0.3, -0.25) is 0 Å². The van der Waals surface area contributed by atoms with Crippen LogP contribution in [0.5, 0.6) is 0 Å².